The minimum atomic E-state index is 0.478. The van der Waals surface area contributed by atoms with Crippen molar-refractivity contribution in [3.05, 3.63) is 40.8 Å². The van der Waals surface area contributed by atoms with E-state index in [0.29, 0.717) is 10.8 Å². The lowest BCUT2D eigenvalue weighted by molar-refractivity contribution is 0.859. The molecule has 0 spiro atoms. The molecule has 4 nitrogen and oxygen atoms in total. The Morgan fingerprint density at radius 2 is 1.95 bits per heavy atom. The molecule has 0 aliphatic carbocycles. The Bertz CT molecular complexity index is 632. The molecule has 1 aromatic carbocycles. The Kier molecular flexibility index (Phi) is 4.73. The topological polar surface area (TPSA) is 41.1 Å². The maximum absolute atomic E-state index is 6.41. The van der Waals surface area contributed by atoms with Gasteiger partial charge in [0.25, 0.3) is 0 Å². The zero-order chi connectivity index (χ0) is 14.7. The first-order valence-electron chi connectivity index (χ1n) is 6.59. The van der Waals surface area contributed by atoms with Gasteiger partial charge < -0.3 is 10.2 Å². The molecule has 7 heteroatoms. The Balaban J connectivity index is 1.79. The van der Waals surface area contributed by atoms with Gasteiger partial charge in [-0.3, -0.25) is 0 Å². The maximum atomic E-state index is 6.41. The number of aromatic nitrogens is 2. The minimum Gasteiger partial charge on any atom is -0.369 e. The van der Waals surface area contributed by atoms with Crippen LogP contribution in [0.5, 0.6) is 0 Å². The lowest BCUT2D eigenvalue weighted by atomic mass is 10.2. The first-order chi connectivity index (χ1) is 10.2. The number of benzene rings is 1. The molecule has 2 heterocycles. The highest BCUT2D eigenvalue weighted by Crippen LogP contribution is 2.32. The van der Waals surface area contributed by atoms with Gasteiger partial charge in [0.1, 0.15) is 11.3 Å². The fourth-order valence-corrected chi connectivity index (χ4v) is 3.54. The van der Waals surface area contributed by atoms with E-state index in [1.807, 2.05) is 30.0 Å². The predicted molar refractivity (Wildman–Crippen MR) is 91.3 cm³/mol. The molecule has 0 bridgehead atoms. The molecule has 1 aliphatic rings. The average Bonchev–Trinajstić information content (AvgIpc) is 2.51. The summed E-state index contributed by atoms with van der Waals surface area (Å²) in [5.74, 6) is 2.87. The van der Waals surface area contributed by atoms with Crippen LogP contribution >= 0.6 is 35.0 Å². The van der Waals surface area contributed by atoms with Crippen LogP contribution in [0.25, 0.3) is 0 Å². The van der Waals surface area contributed by atoms with Gasteiger partial charge >= 0.3 is 0 Å². The highest BCUT2D eigenvalue weighted by atomic mass is 35.5. The van der Waals surface area contributed by atoms with E-state index < -0.39 is 0 Å². The molecule has 0 radical (unpaired) electrons. The van der Waals surface area contributed by atoms with Gasteiger partial charge in [-0.1, -0.05) is 23.2 Å². The van der Waals surface area contributed by atoms with Crippen molar-refractivity contribution in [1.82, 2.24) is 9.97 Å². The van der Waals surface area contributed by atoms with Crippen molar-refractivity contribution >= 4 is 52.2 Å². The molecule has 1 fully saturated rings. The van der Waals surface area contributed by atoms with E-state index in [0.717, 1.165) is 41.0 Å². The van der Waals surface area contributed by atoms with Crippen molar-refractivity contribution in [2.24, 2.45) is 0 Å². The van der Waals surface area contributed by atoms with Gasteiger partial charge in [-0.2, -0.15) is 11.8 Å². The van der Waals surface area contributed by atoms with Crippen LogP contribution < -0.4 is 10.2 Å². The molecule has 0 saturated carbocycles. The molecule has 1 aromatic heterocycles. The first-order valence-corrected chi connectivity index (χ1v) is 8.50. The summed E-state index contributed by atoms with van der Waals surface area (Å²) < 4.78 is 0. The summed E-state index contributed by atoms with van der Waals surface area (Å²) in [6.45, 7) is 2.07. The van der Waals surface area contributed by atoms with Crippen molar-refractivity contribution in [2.45, 2.75) is 0 Å². The van der Waals surface area contributed by atoms with Gasteiger partial charge in [-0.25, -0.2) is 9.97 Å². The van der Waals surface area contributed by atoms with E-state index in [2.05, 4.69) is 20.2 Å². The van der Waals surface area contributed by atoms with Gasteiger partial charge in [-0.05, 0) is 18.2 Å². The van der Waals surface area contributed by atoms with E-state index in [1.165, 1.54) is 6.33 Å². The lowest BCUT2D eigenvalue weighted by Gasteiger charge is -2.29. The molecule has 110 valence electrons. The number of nitrogens with zero attached hydrogens (tertiary/aromatic N) is 3. The smallest absolute Gasteiger partial charge is 0.152 e. The normalized spacial score (nSPS) is 15.0. The molecular formula is C14H14Cl2N4S. The van der Waals surface area contributed by atoms with E-state index in [4.69, 9.17) is 23.2 Å². The number of nitrogens with one attached hydrogen (secondary N) is 1. The van der Waals surface area contributed by atoms with Crippen molar-refractivity contribution in [3.63, 3.8) is 0 Å². The van der Waals surface area contributed by atoms with Crippen LogP contribution in [0.2, 0.25) is 10.0 Å². The van der Waals surface area contributed by atoms with Crippen LogP contribution in [-0.4, -0.2) is 34.6 Å². The Morgan fingerprint density at radius 3 is 2.67 bits per heavy atom. The van der Waals surface area contributed by atoms with Crippen molar-refractivity contribution < 1.29 is 0 Å². The Morgan fingerprint density at radius 1 is 1.14 bits per heavy atom. The molecule has 0 amide bonds. The second-order valence-corrected chi connectivity index (χ2v) is 6.65. The van der Waals surface area contributed by atoms with E-state index in [9.17, 15) is 0 Å². The molecular weight excluding hydrogens is 327 g/mol. The molecule has 1 saturated heterocycles. The van der Waals surface area contributed by atoms with Gasteiger partial charge in [0.05, 0.1) is 16.9 Å². The number of thioether (sulfide) groups is 1. The zero-order valence-corrected chi connectivity index (χ0v) is 13.5. The third-order valence-electron chi connectivity index (χ3n) is 3.23. The van der Waals surface area contributed by atoms with Crippen LogP contribution in [0.4, 0.5) is 17.2 Å². The summed E-state index contributed by atoms with van der Waals surface area (Å²) in [6.07, 6.45) is 3.01. The fourth-order valence-electron chi connectivity index (χ4n) is 2.19. The number of rotatable bonds is 3. The zero-order valence-electron chi connectivity index (χ0n) is 11.2. The van der Waals surface area contributed by atoms with Crippen LogP contribution in [0, 0.1) is 0 Å². The van der Waals surface area contributed by atoms with Gasteiger partial charge in [0.15, 0.2) is 5.82 Å². The Labute approximate surface area is 137 Å². The highest BCUT2D eigenvalue weighted by molar-refractivity contribution is 7.99. The van der Waals surface area contributed by atoms with Crippen molar-refractivity contribution in [3.8, 4) is 0 Å². The summed E-state index contributed by atoms with van der Waals surface area (Å²) in [5.41, 5.74) is 1.94. The second-order valence-electron chi connectivity index (χ2n) is 4.61. The van der Waals surface area contributed by atoms with E-state index in [-0.39, 0.29) is 0 Å². The third kappa shape index (κ3) is 3.54. The standard InChI is InChI=1S/C14H14Cl2N4S/c15-11-7-10(19-14-12(16)8-17-9-18-14)1-2-13(11)20-3-5-21-6-4-20/h1-2,7-9H,3-6H2,(H,17,18,19). The highest BCUT2D eigenvalue weighted by Gasteiger charge is 2.14. The van der Waals surface area contributed by atoms with Crippen molar-refractivity contribution in [1.29, 1.82) is 0 Å². The van der Waals surface area contributed by atoms with Gasteiger partial charge in [0, 0.05) is 30.3 Å². The summed E-state index contributed by atoms with van der Waals surface area (Å²) in [5, 5.41) is 4.36. The molecule has 3 rings (SSSR count). The fraction of sp³-hybridized carbons (Fsp3) is 0.286. The summed E-state index contributed by atoms with van der Waals surface area (Å²) in [4.78, 5) is 10.3. The molecule has 2 aromatic rings. The second kappa shape index (κ2) is 6.73. The van der Waals surface area contributed by atoms with Crippen LogP contribution in [0.1, 0.15) is 0 Å². The molecule has 1 N–H and O–H groups in total. The van der Waals surface area contributed by atoms with Crippen LogP contribution in [-0.2, 0) is 0 Å². The number of hydrogen-bond donors (Lipinski definition) is 1. The van der Waals surface area contributed by atoms with Gasteiger partial charge in [0.2, 0.25) is 0 Å². The predicted octanol–water partition coefficient (Wildman–Crippen LogP) is 4.08. The lowest BCUT2D eigenvalue weighted by Crippen LogP contribution is -2.32. The minimum absolute atomic E-state index is 0.478. The number of hydrogen-bond acceptors (Lipinski definition) is 5. The number of halogens is 2. The summed E-state index contributed by atoms with van der Waals surface area (Å²) in [7, 11) is 0. The largest absolute Gasteiger partial charge is 0.369 e. The Hall–Kier alpha value is -1.17. The van der Waals surface area contributed by atoms with Crippen LogP contribution in [0.3, 0.4) is 0 Å². The summed E-state index contributed by atoms with van der Waals surface area (Å²) >= 11 is 14.4. The maximum Gasteiger partial charge on any atom is 0.152 e. The quantitative estimate of drug-likeness (QED) is 0.911. The third-order valence-corrected chi connectivity index (χ3v) is 4.75. The molecule has 0 atom stereocenters. The first kappa shape index (κ1) is 14.8. The molecule has 1 aliphatic heterocycles. The monoisotopic (exact) mass is 340 g/mol. The van der Waals surface area contributed by atoms with E-state index in [1.54, 1.807) is 6.20 Å². The van der Waals surface area contributed by atoms with E-state index >= 15 is 0 Å². The van der Waals surface area contributed by atoms with Gasteiger partial charge in [-0.15, -0.1) is 0 Å². The molecule has 0 unspecified atom stereocenters. The summed E-state index contributed by atoms with van der Waals surface area (Å²) in [6, 6.07) is 5.92. The number of anilines is 3. The SMILES string of the molecule is Clc1cc(Nc2ncncc2Cl)ccc1N1CCSCC1. The average molecular weight is 341 g/mol. The van der Waals surface area contributed by atoms with Crippen LogP contribution in [0.15, 0.2) is 30.7 Å². The van der Waals surface area contributed by atoms with Crippen molar-refractivity contribution in [2.75, 3.05) is 34.8 Å². The molecule has 21 heavy (non-hydrogen) atoms.